The van der Waals surface area contributed by atoms with Crippen molar-refractivity contribution in [2.45, 2.75) is 6.92 Å². The lowest BCUT2D eigenvalue weighted by Crippen LogP contribution is -2.01. The molecule has 4 nitrogen and oxygen atoms in total. The number of nitrogens with zero attached hydrogens (tertiary/aromatic N) is 2. The van der Waals surface area contributed by atoms with Gasteiger partial charge in [-0.2, -0.15) is 0 Å². The zero-order chi connectivity index (χ0) is 15.8. The van der Waals surface area contributed by atoms with Gasteiger partial charge in [0, 0.05) is 29.6 Å². The van der Waals surface area contributed by atoms with Crippen LogP contribution in [0.4, 0.5) is 0 Å². The highest BCUT2D eigenvalue weighted by molar-refractivity contribution is 5.84. The Kier molecular flexibility index (Phi) is 3.08. The monoisotopic (exact) mass is 301 g/mol. The zero-order valence-corrected chi connectivity index (χ0v) is 12.7. The Balaban J connectivity index is 2.00. The molecule has 0 aliphatic heterocycles. The van der Waals surface area contributed by atoms with Gasteiger partial charge >= 0.3 is 0 Å². The highest BCUT2D eigenvalue weighted by Crippen LogP contribution is 2.30. The summed E-state index contributed by atoms with van der Waals surface area (Å²) in [5.74, 6) is 0. The van der Waals surface area contributed by atoms with E-state index >= 15 is 0 Å². The van der Waals surface area contributed by atoms with Gasteiger partial charge < -0.3 is 9.38 Å². The first kappa shape index (κ1) is 13.5. The highest BCUT2D eigenvalue weighted by atomic mass is 16.1. The number of pyridine rings is 2. The molecule has 0 radical (unpaired) electrons. The van der Waals surface area contributed by atoms with Gasteiger partial charge in [-0.25, -0.2) is 4.98 Å². The van der Waals surface area contributed by atoms with E-state index in [1.807, 2.05) is 28.8 Å². The van der Waals surface area contributed by atoms with Crippen molar-refractivity contribution >= 4 is 5.52 Å². The summed E-state index contributed by atoms with van der Waals surface area (Å²) in [5, 5.41) is 0. The summed E-state index contributed by atoms with van der Waals surface area (Å²) < 4.78 is 2.02. The third-order valence-electron chi connectivity index (χ3n) is 4.07. The molecule has 4 rings (SSSR count). The van der Waals surface area contributed by atoms with Crippen molar-refractivity contribution in [3.05, 3.63) is 83.3 Å². The number of benzene rings is 1. The molecule has 0 amide bonds. The molecule has 4 heteroatoms. The molecule has 0 unspecified atom stereocenters. The van der Waals surface area contributed by atoms with E-state index in [0.29, 0.717) is 0 Å². The van der Waals surface area contributed by atoms with Gasteiger partial charge in [-0.15, -0.1) is 0 Å². The zero-order valence-electron chi connectivity index (χ0n) is 12.7. The number of H-pyrrole nitrogens is 1. The Morgan fingerprint density at radius 3 is 2.70 bits per heavy atom. The van der Waals surface area contributed by atoms with Crippen LogP contribution in [0.25, 0.3) is 27.8 Å². The van der Waals surface area contributed by atoms with E-state index in [0.717, 1.165) is 22.2 Å². The van der Waals surface area contributed by atoms with Gasteiger partial charge in [0.05, 0.1) is 18.0 Å². The normalized spacial score (nSPS) is 11.0. The maximum atomic E-state index is 11.3. The van der Waals surface area contributed by atoms with Crippen LogP contribution in [-0.4, -0.2) is 14.4 Å². The smallest absolute Gasteiger partial charge is 0.247 e. The van der Waals surface area contributed by atoms with Gasteiger partial charge in [-0.1, -0.05) is 24.3 Å². The summed E-state index contributed by atoms with van der Waals surface area (Å²) in [7, 11) is 0. The molecule has 0 aliphatic carbocycles. The number of aromatic nitrogens is 3. The van der Waals surface area contributed by atoms with Crippen LogP contribution in [0.5, 0.6) is 0 Å². The maximum Gasteiger partial charge on any atom is 0.247 e. The summed E-state index contributed by atoms with van der Waals surface area (Å²) in [5.41, 5.74) is 6.44. The third kappa shape index (κ3) is 2.34. The van der Waals surface area contributed by atoms with Crippen LogP contribution >= 0.6 is 0 Å². The van der Waals surface area contributed by atoms with E-state index in [1.54, 1.807) is 18.6 Å². The molecule has 0 spiro atoms. The second-order valence-electron chi connectivity index (χ2n) is 5.59. The Hall–Kier alpha value is -3.14. The van der Waals surface area contributed by atoms with Gasteiger partial charge in [0.25, 0.3) is 0 Å². The molecule has 1 aromatic carbocycles. The minimum atomic E-state index is -0.103. The van der Waals surface area contributed by atoms with E-state index in [4.69, 9.17) is 0 Å². The predicted molar refractivity (Wildman–Crippen MR) is 91.4 cm³/mol. The van der Waals surface area contributed by atoms with E-state index in [2.05, 4.69) is 41.3 Å². The summed E-state index contributed by atoms with van der Waals surface area (Å²) in [4.78, 5) is 18.3. The van der Waals surface area contributed by atoms with Crippen molar-refractivity contribution < 1.29 is 0 Å². The van der Waals surface area contributed by atoms with Crippen LogP contribution in [0.1, 0.15) is 5.56 Å². The molecular weight excluding hydrogens is 286 g/mol. The number of fused-ring (bicyclic) bond motifs is 1. The summed E-state index contributed by atoms with van der Waals surface area (Å²) >= 11 is 0. The second-order valence-corrected chi connectivity index (χ2v) is 5.59. The van der Waals surface area contributed by atoms with Crippen molar-refractivity contribution in [2.24, 2.45) is 0 Å². The van der Waals surface area contributed by atoms with Crippen LogP contribution in [-0.2, 0) is 0 Å². The number of hydrogen-bond donors (Lipinski definition) is 1. The largest absolute Gasteiger partial charge is 0.328 e. The first-order valence-corrected chi connectivity index (χ1v) is 7.43. The van der Waals surface area contributed by atoms with E-state index in [9.17, 15) is 4.79 Å². The number of aryl methyl sites for hydroxylation is 1. The summed E-state index contributed by atoms with van der Waals surface area (Å²) in [6.45, 7) is 2.10. The van der Waals surface area contributed by atoms with E-state index in [1.165, 1.54) is 11.1 Å². The lowest BCUT2D eigenvalue weighted by molar-refractivity contribution is 1.15. The van der Waals surface area contributed by atoms with Gasteiger partial charge in [0.15, 0.2) is 0 Å². The molecular formula is C19H15N3O. The lowest BCUT2D eigenvalue weighted by atomic mass is 9.98. The van der Waals surface area contributed by atoms with Crippen molar-refractivity contribution in [1.29, 1.82) is 0 Å². The minimum absolute atomic E-state index is 0.103. The highest BCUT2D eigenvalue weighted by Gasteiger charge is 2.10. The van der Waals surface area contributed by atoms with Gasteiger partial charge in [0.2, 0.25) is 5.56 Å². The number of rotatable bonds is 2. The standard InChI is InChI=1S/C19H15N3O/c1-13-4-2-3-5-16(13)15-8-17(14-6-7-19(23)21-9-14)18-10-20-12-22(18)11-15/h2-12H,1H3,(H,21,23). The lowest BCUT2D eigenvalue weighted by Gasteiger charge is -2.11. The summed E-state index contributed by atoms with van der Waals surface area (Å²) in [6, 6.07) is 13.8. The fourth-order valence-electron chi connectivity index (χ4n) is 2.89. The average molecular weight is 301 g/mol. The fourth-order valence-corrected chi connectivity index (χ4v) is 2.89. The molecule has 0 aliphatic rings. The molecule has 0 saturated carbocycles. The van der Waals surface area contributed by atoms with Gasteiger partial charge in [-0.05, 0) is 35.7 Å². The SMILES string of the molecule is Cc1ccccc1-c1cc(-c2ccc(=O)[nH]c2)c2cncn2c1. The van der Waals surface area contributed by atoms with Gasteiger partial charge in [0.1, 0.15) is 0 Å². The number of nitrogens with one attached hydrogen (secondary N) is 1. The number of hydrogen-bond acceptors (Lipinski definition) is 2. The Bertz CT molecular complexity index is 1040. The summed E-state index contributed by atoms with van der Waals surface area (Å²) in [6.07, 6.45) is 7.46. The first-order valence-electron chi connectivity index (χ1n) is 7.43. The van der Waals surface area contributed by atoms with Crippen molar-refractivity contribution in [3.8, 4) is 22.3 Å². The number of aromatic amines is 1. The van der Waals surface area contributed by atoms with Crippen LogP contribution < -0.4 is 5.56 Å². The fraction of sp³-hybridized carbons (Fsp3) is 0.0526. The molecule has 0 fully saturated rings. The van der Waals surface area contributed by atoms with Crippen molar-refractivity contribution in [3.63, 3.8) is 0 Å². The molecule has 3 aromatic heterocycles. The van der Waals surface area contributed by atoms with Crippen molar-refractivity contribution in [1.82, 2.24) is 14.4 Å². The molecule has 0 atom stereocenters. The quantitative estimate of drug-likeness (QED) is 0.614. The van der Waals surface area contributed by atoms with Crippen LogP contribution in [0, 0.1) is 6.92 Å². The minimum Gasteiger partial charge on any atom is -0.328 e. The predicted octanol–water partition coefficient (Wildman–Crippen LogP) is 3.67. The molecule has 4 aromatic rings. The van der Waals surface area contributed by atoms with E-state index in [-0.39, 0.29) is 5.56 Å². The molecule has 112 valence electrons. The van der Waals surface area contributed by atoms with Crippen LogP contribution in [0.3, 0.4) is 0 Å². The molecule has 1 N–H and O–H groups in total. The Labute approximate surface area is 133 Å². The number of imidazole rings is 1. The molecule has 0 saturated heterocycles. The van der Waals surface area contributed by atoms with Crippen molar-refractivity contribution in [2.75, 3.05) is 0 Å². The van der Waals surface area contributed by atoms with Gasteiger partial charge in [-0.3, -0.25) is 4.79 Å². The second kappa shape index (κ2) is 5.25. The Morgan fingerprint density at radius 2 is 1.91 bits per heavy atom. The topological polar surface area (TPSA) is 50.2 Å². The molecule has 3 heterocycles. The third-order valence-corrected chi connectivity index (χ3v) is 4.07. The molecule has 0 bridgehead atoms. The Morgan fingerprint density at radius 1 is 1.04 bits per heavy atom. The maximum absolute atomic E-state index is 11.3. The van der Waals surface area contributed by atoms with Crippen LogP contribution in [0.15, 0.2) is 72.2 Å². The molecule has 23 heavy (non-hydrogen) atoms. The van der Waals surface area contributed by atoms with Crippen LogP contribution in [0.2, 0.25) is 0 Å². The first-order chi connectivity index (χ1) is 11.2. The van der Waals surface area contributed by atoms with E-state index < -0.39 is 0 Å². The average Bonchev–Trinajstić information content (AvgIpc) is 3.04.